The highest BCUT2D eigenvalue weighted by Crippen LogP contribution is 2.34. The lowest BCUT2D eigenvalue weighted by molar-refractivity contribution is 0.0755. The number of nitrogens with one attached hydrogen (secondary N) is 1. The van der Waals surface area contributed by atoms with Crippen molar-refractivity contribution in [2.75, 3.05) is 31.2 Å². The quantitative estimate of drug-likeness (QED) is 0.631. The van der Waals surface area contributed by atoms with Gasteiger partial charge in [-0.2, -0.15) is 0 Å². The number of nitrogens with zero attached hydrogens (tertiary/aromatic N) is 4. The van der Waals surface area contributed by atoms with E-state index in [1.165, 1.54) is 0 Å². The molecule has 31 heavy (non-hydrogen) atoms. The third-order valence-electron chi connectivity index (χ3n) is 6.03. The molecule has 4 heterocycles. The second-order valence-corrected chi connectivity index (χ2v) is 9.47. The molecule has 0 amide bonds. The van der Waals surface area contributed by atoms with E-state index < -0.39 is 0 Å². The predicted molar refractivity (Wildman–Crippen MR) is 123 cm³/mol. The van der Waals surface area contributed by atoms with Crippen LogP contribution in [0.4, 0.5) is 5.82 Å². The third-order valence-corrected chi connectivity index (χ3v) is 7.00. The van der Waals surface area contributed by atoms with Crippen LogP contribution in [0, 0.1) is 6.92 Å². The Morgan fingerprint density at radius 2 is 1.97 bits per heavy atom. The molecule has 0 aliphatic carbocycles. The van der Waals surface area contributed by atoms with E-state index in [4.69, 9.17) is 4.74 Å². The zero-order valence-electron chi connectivity index (χ0n) is 17.6. The van der Waals surface area contributed by atoms with Crippen molar-refractivity contribution in [1.82, 2.24) is 20.5 Å². The van der Waals surface area contributed by atoms with Crippen LogP contribution < -0.4 is 10.2 Å². The molecule has 1 atom stereocenters. The number of rotatable bonds is 5. The van der Waals surface area contributed by atoms with Crippen molar-refractivity contribution in [3.05, 3.63) is 41.5 Å². The van der Waals surface area contributed by atoms with E-state index in [0.29, 0.717) is 23.3 Å². The van der Waals surface area contributed by atoms with Gasteiger partial charge in [0.25, 0.3) is 0 Å². The molecule has 2 aromatic heterocycles. The molecule has 8 heteroatoms. The molecule has 7 nitrogen and oxygen atoms in total. The minimum atomic E-state index is 0.201. The number of aromatic hydroxyl groups is 1. The van der Waals surface area contributed by atoms with E-state index in [2.05, 4.69) is 25.4 Å². The summed E-state index contributed by atoms with van der Waals surface area (Å²) in [7, 11) is 0. The Morgan fingerprint density at radius 3 is 2.68 bits per heavy atom. The number of phenols is 1. The molecule has 2 aliphatic heterocycles. The van der Waals surface area contributed by atoms with E-state index in [1.807, 2.05) is 37.4 Å². The Hall–Kier alpha value is -2.55. The third kappa shape index (κ3) is 4.56. The van der Waals surface area contributed by atoms with Gasteiger partial charge in [0.2, 0.25) is 0 Å². The zero-order valence-corrected chi connectivity index (χ0v) is 18.4. The number of hydrogen-bond donors (Lipinski definition) is 2. The van der Waals surface area contributed by atoms with Gasteiger partial charge < -0.3 is 20.1 Å². The smallest absolute Gasteiger partial charge is 0.151 e. The number of ether oxygens (including phenoxy) is 1. The zero-order chi connectivity index (χ0) is 21.2. The number of benzene rings is 1. The maximum Gasteiger partial charge on any atom is 0.151 e. The number of anilines is 1. The molecule has 2 saturated heterocycles. The lowest BCUT2D eigenvalue weighted by Gasteiger charge is -2.26. The molecule has 2 N–H and O–H groups in total. The maximum atomic E-state index is 10.6. The average molecular weight is 438 g/mol. The van der Waals surface area contributed by atoms with E-state index in [1.54, 1.807) is 17.4 Å². The number of thiazole rings is 1. The van der Waals surface area contributed by atoms with Crippen LogP contribution in [-0.4, -0.2) is 58.7 Å². The average Bonchev–Trinajstić information content (AvgIpc) is 3.44. The van der Waals surface area contributed by atoms with Gasteiger partial charge in [-0.15, -0.1) is 21.5 Å². The van der Waals surface area contributed by atoms with Crippen LogP contribution in [0.2, 0.25) is 0 Å². The molecule has 0 radical (unpaired) electrons. The molecule has 0 bridgehead atoms. The van der Waals surface area contributed by atoms with Crippen LogP contribution in [-0.2, 0) is 4.74 Å². The summed E-state index contributed by atoms with van der Waals surface area (Å²) in [6.45, 7) is 5.61. The molecule has 162 valence electrons. The second-order valence-electron chi connectivity index (χ2n) is 8.24. The van der Waals surface area contributed by atoms with E-state index in [-0.39, 0.29) is 5.75 Å². The van der Waals surface area contributed by atoms with Crippen LogP contribution in [0.15, 0.2) is 36.5 Å². The Balaban J connectivity index is 1.25. The highest BCUT2D eigenvalue weighted by Gasteiger charge is 2.26. The SMILES string of the molecule is Cc1ncc(-c2ccc(-c3ccc(N4CC[C@H](NC5CCOCC5)C4)nn3)c(O)c2)s1. The van der Waals surface area contributed by atoms with Crippen molar-refractivity contribution in [1.29, 1.82) is 0 Å². The highest BCUT2D eigenvalue weighted by molar-refractivity contribution is 7.15. The van der Waals surface area contributed by atoms with Gasteiger partial charge in [0, 0.05) is 50.1 Å². The van der Waals surface area contributed by atoms with Gasteiger partial charge in [-0.05, 0) is 56.0 Å². The number of phenolic OH excluding ortho intramolecular Hbond substituents is 1. The van der Waals surface area contributed by atoms with Crippen LogP contribution in [0.3, 0.4) is 0 Å². The first-order valence-electron chi connectivity index (χ1n) is 10.8. The summed E-state index contributed by atoms with van der Waals surface area (Å²) in [5, 5.41) is 24.2. The number of hydrogen-bond acceptors (Lipinski definition) is 8. The summed E-state index contributed by atoms with van der Waals surface area (Å²) >= 11 is 1.61. The lowest BCUT2D eigenvalue weighted by Crippen LogP contribution is -2.43. The first kappa shape index (κ1) is 20.4. The fourth-order valence-electron chi connectivity index (χ4n) is 4.34. The fraction of sp³-hybridized carbons (Fsp3) is 0.435. The van der Waals surface area contributed by atoms with Crippen molar-refractivity contribution >= 4 is 17.2 Å². The largest absolute Gasteiger partial charge is 0.507 e. The number of aryl methyl sites for hydroxylation is 1. The van der Waals surface area contributed by atoms with Gasteiger partial charge in [0.15, 0.2) is 5.82 Å². The maximum absolute atomic E-state index is 10.6. The normalized spacial score (nSPS) is 19.8. The summed E-state index contributed by atoms with van der Waals surface area (Å²) in [5.74, 6) is 1.09. The van der Waals surface area contributed by atoms with E-state index in [9.17, 15) is 5.11 Å². The molecule has 5 rings (SSSR count). The van der Waals surface area contributed by atoms with Crippen molar-refractivity contribution in [3.8, 4) is 27.4 Å². The van der Waals surface area contributed by atoms with Gasteiger partial charge in [-0.1, -0.05) is 6.07 Å². The topological polar surface area (TPSA) is 83.4 Å². The summed E-state index contributed by atoms with van der Waals surface area (Å²) in [6, 6.07) is 10.6. The molecule has 0 spiro atoms. The first-order chi connectivity index (χ1) is 15.2. The fourth-order valence-corrected chi connectivity index (χ4v) is 5.11. The van der Waals surface area contributed by atoms with Crippen molar-refractivity contribution in [3.63, 3.8) is 0 Å². The van der Waals surface area contributed by atoms with Gasteiger partial charge in [-0.25, -0.2) is 4.98 Å². The summed E-state index contributed by atoms with van der Waals surface area (Å²) in [5.41, 5.74) is 2.31. The molecule has 1 aromatic carbocycles. The predicted octanol–water partition coefficient (Wildman–Crippen LogP) is 3.63. The van der Waals surface area contributed by atoms with Gasteiger partial charge >= 0.3 is 0 Å². The first-order valence-corrected chi connectivity index (χ1v) is 11.7. The van der Waals surface area contributed by atoms with Crippen LogP contribution >= 0.6 is 11.3 Å². The minimum Gasteiger partial charge on any atom is -0.507 e. The second kappa shape index (κ2) is 8.90. The van der Waals surface area contributed by atoms with Gasteiger partial charge in [0.05, 0.1) is 15.6 Å². The summed E-state index contributed by atoms with van der Waals surface area (Å²) in [6.07, 6.45) is 5.13. The molecule has 3 aromatic rings. The van der Waals surface area contributed by atoms with Crippen LogP contribution in [0.1, 0.15) is 24.3 Å². The number of aromatic nitrogens is 3. The van der Waals surface area contributed by atoms with Gasteiger partial charge in [0.1, 0.15) is 5.75 Å². The minimum absolute atomic E-state index is 0.201. The van der Waals surface area contributed by atoms with Crippen molar-refractivity contribution in [2.45, 2.75) is 38.3 Å². The van der Waals surface area contributed by atoms with E-state index >= 15 is 0 Å². The van der Waals surface area contributed by atoms with Crippen molar-refractivity contribution < 1.29 is 9.84 Å². The van der Waals surface area contributed by atoms with Gasteiger partial charge in [-0.3, -0.25) is 0 Å². The van der Waals surface area contributed by atoms with Crippen LogP contribution in [0.25, 0.3) is 21.7 Å². The molecule has 2 aliphatic rings. The summed E-state index contributed by atoms with van der Waals surface area (Å²) in [4.78, 5) is 7.61. The summed E-state index contributed by atoms with van der Waals surface area (Å²) < 4.78 is 5.45. The van der Waals surface area contributed by atoms with Crippen molar-refractivity contribution in [2.24, 2.45) is 0 Å². The standard InChI is InChI=1S/C23H27N5O2S/c1-15-24-13-22(31-15)16-2-3-19(21(29)12-16)20-4-5-23(27-26-20)28-9-6-18(14-28)25-17-7-10-30-11-8-17/h2-5,12-13,17-18,25,29H,6-11,14H2,1H3/t18-/m0/s1. The van der Waals surface area contributed by atoms with Crippen LogP contribution in [0.5, 0.6) is 5.75 Å². The molecule has 0 saturated carbocycles. The monoisotopic (exact) mass is 437 g/mol. The Bertz CT molecular complexity index is 1030. The molecular formula is C23H27N5O2S. The molecular weight excluding hydrogens is 410 g/mol. The van der Waals surface area contributed by atoms with E-state index in [0.717, 1.165) is 66.8 Å². The highest BCUT2D eigenvalue weighted by atomic mass is 32.1. The Morgan fingerprint density at radius 1 is 1.10 bits per heavy atom. The lowest BCUT2D eigenvalue weighted by atomic mass is 10.1. The molecule has 0 unspecified atom stereocenters. The molecule has 2 fully saturated rings. The Kier molecular flexibility index (Phi) is 5.85. The Labute approximate surface area is 186 Å².